The molecule has 0 aromatic carbocycles. The van der Waals surface area contributed by atoms with Gasteiger partial charge in [-0.3, -0.25) is 0 Å². The summed E-state index contributed by atoms with van der Waals surface area (Å²) in [6, 6.07) is 0. The van der Waals surface area contributed by atoms with Gasteiger partial charge in [0.2, 0.25) is 17.8 Å². The van der Waals surface area contributed by atoms with Gasteiger partial charge in [0, 0.05) is 21.3 Å². The standard InChI is InChI=1S/C20H40N6O6/c1-7-10-13-30-20(31-14-11-8-2,32-15-12-9-3)26(19(27-4,28-5)29-6)18-24-16(21)23-17(22)25-18/h7-15H2,1-6H3,(H4,21,22,23,24,25). The highest BCUT2D eigenvalue weighted by Crippen LogP contribution is 2.36. The molecule has 0 saturated heterocycles. The molecule has 0 radical (unpaired) electrons. The monoisotopic (exact) mass is 460 g/mol. The van der Waals surface area contributed by atoms with E-state index in [2.05, 4.69) is 35.7 Å². The van der Waals surface area contributed by atoms with Crippen LogP contribution >= 0.6 is 0 Å². The summed E-state index contributed by atoms with van der Waals surface area (Å²) in [4.78, 5) is 13.6. The topological polar surface area (TPSA) is 149 Å². The van der Waals surface area contributed by atoms with Crippen LogP contribution in [0.1, 0.15) is 59.3 Å². The highest BCUT2D eigenvalue weighted by atomic mass is 16.9. The molecule has 12 heteroatoms. The van der Waals surface area contributed by atoms with Crippen molar-refractivity contribution < 1.29 is 28.4 Å². The van der Waals surface area contributed by atoms with Crippen LogP contribution in [0, 0.1) is 0 Å². The van der Waals surface area contributed by atoms with Crippen molar-refractivity contribution in [3.05, 3.63) is 0 Å². The Hall–Kier alpha value is -1.83. The summed E-state index contributed by atoms with van der Waals surface area (Å²) in [5.74, 6) is -0.288. The average molecular weight is 461 g/mol. The number of anilines is 3. The Morgan fingerprint density at radius 2 is 1.03 bits per heavy atom. The predicted molar refractivity (Wildman–Crippen MR) is 120 cm³/mol. The molecule has 0 aliphatic rings. The van der Waals surface area contributed by atoms with Crippen LogP contribution in [0.2, 0.25) is 0 Å². The van der Waals surface area contributed by atoms with Gasteiger partial charge in [-0.15, -0.1) is 0 Å². The SMILES string of the molecule is CCCCOC(OCCCC)(OCCCC)N(c1nc(N)nc(N)n1)C(OC)(OC)OC. The normalized spacial score (nSPS) is 12.3. The van der Waals surface area contributed by atoms with Crippen LogP contribution in [0.3, 0.4) is 0 Å². The lowest BCUT2D eigenvalue weighted by Crippen LogP contribution is -2.68. The zero-order valence-corrected chi connectivity index (χ0v) is 20.3. The van der Waals surface area contributed by atoms with Crippen molar-refractivity contribution in [3.63, 3.8) is 0 Å². The van der Waals surface area contributed by atoms with E-state index in [9.17, 15) is 0 Å². The van der Waals surface area contributed by atoms with Gasteiger partial charge in [-0.1, -0.05) is 40.0 Å². The Morgan fingerprint density at radius 1 is 0.656 bits per heavy atom. The molecule has 0 saturated carbocycles. The smallest absolute Gasteiger partial charge is 0.368 e. The first-order chi connectivity index (χ1) is 15.4. The zero-order chi connectivity index (χ0) is 24.0. The second-order valence-electron chi connectivity index (χ2n) is 6.95. The van der Waals surface area contributed by atoms with Crippen molar-refractivity contribution in [2.45, 2.75) is 71.5 Å². The molecule has 32 heavy (non-hydrogen) atoms. The molecule has 1 aromatic rings. The van der Waals surface area contributed by atoms with Gasteiger partial charge in [0.25, 0.3) is 0 Å². The van der Waals surface area contributed by atoms with Crippen LogP contribution in [0.5, 0.6) is 0 Å². The van der Waals surface area contributed by atoms with Gasteiger partial charge in [-0.05, 0) is 19.3 Å². The summed E-state index contributed by atoms with van der Waals surface area (Å²) >= 11 is 0. The van der Waals surface area contributed by atoms with Crippen LogP contribution in [0.25, 0.3) is 0 Å². The number of aromatic nitrogens is 3. The minimum Gasteiger partial charge on any atom is -0.368 e. The van der Waals surface area contributed by atoms with E-state index in [-0.39, 0.29) is 17.8 Å². The first-order valence-electron chi connectivity index (χ1n) is 11.0. The maximum absolute atomic E-state index is 6.23. The summed E-state index contributed by atoms with van der Waals surface area (Å²) in [7, 11) is 4.17. The number of methoxy groups -OCH3 is 3. The molecule has 4 N–H and O–H groups in total. The molecule has 0 aliphatic carbocycles. The van der Waals surface area contributed by atoms with Gasteiger partial charge in [0.15, 0.2) is 0 Å². The molecule has 0 bridgehead atoms. The van der Waals surface area contributed by atoms with Crippen molar-refractivity contribution in [2.24, 2.45) is 0 Å². The van der Waals surface area contributed by atoms with E-state index in [1.807, 2.05) is 0 Å². The maximum Gasteiger partial charge on any atom is 0.385 e. The van der Waals surface area contributed by atoms with Gasteiger partial charge in [-0.2, -0.15) is 19.9 Å². The average Bonchev–Trinajstić information content (AvgIpc) is 2.77. The number of nitrogens with two attached hydrogens (primary N) is 2. The second-order valence-corrected chi connectivity index (χ2v) is 6.95. The third-order valence-electron chi connectivity index (χ3n) is 4.53. The fourth-order valence-corrected chi connectivity index (χ4v) is 2.79. The molecule has 12 nitrogen and oxygen atoms in total. The fourth-order valence-electron chi connectivity index (χ4n) is 2.79. The highest BCUT2D eigenvalue weighted by Gasteiger charge is 2.57. The lowest BCUT2D eigenvalue weighted by molar-refractivity contribution is -0.443. The highest BCUT2D eigenvalue weighted by molar-refractivity contribution is 5.41. The van der Waals surface area contributed by atoms with E-state index in [0.717, 1.165) is 38.5 Å². The molecule has 0 amide bonds. The molecule has 186 valence electrons. The van der Waals surface area contributed by atoms with Crippen molar-refractivity contribution >= 4 is 17.8 Å². The molecule has 0 spiro atoms. The Kier molecular flexibility index (Phi) is 12.6. The first kappa shape index (κ1) is 28.2. The zero-order valence-electron chi connectivity index (χ0n) is 20.3. The van der Waals surface area contributed by atoms with E-state index < -0.39 is 12.2 Å². The Labute approximate surface area is 190 Å². The van der Waals surface area contributed by atoms with Gasteiger partial charge in [-0.25, -0.2) is 0 Å². The van der Waals surface area contributed by atoms with Crippen LogP contribution in [-0.2, 0) is 28.4 Å². The van der Waals surface area contributed by atoms with Crippen molar-refractivity contribution in [2.75, 3.05) is 57.5 Å². The molecule has 0 atom stereocenters. The van der Waals surface area contributed by atoms with Gasteiger partial charge >= 0.3 is 12.2 Å². The molecular weight excluding hydrogens is 420 g/mol. The van der Waals surface area contributed by atoms with E-state index in [4.69, 9.17) is 39.9 Å². The molecule has 0 unspecified atom stereocenters. The second kappa shape index (κ2) is 14.3. The van der Waals surface area contributed by atoms with E-state index >= 15 is 0 Å². The molecule has 1 rings (SSSR count). The number of unbranched alkanes of at least 4 members (excludes halogenated alkanes) is 3. The van der Waals surface area contributed by atoms with Crippen molar-refractivity contribution in [3.8, 4) is 0 Å². The van der Waals surface area contributed by atoms with Crippen molar-refractivity contribution in [1.29, 1.82) is 0 Å². The van der Waals surface area contributed by atoms with Gasteiger partial charge in [0.05, 0.1) is 19.8 Å². The Bertz CT molecular complexity index is 594. The third-order valence-corrected chi connectivity index (χ3v) is 4.53. The van der Waals surface area contributed by atoms with E-state index in [0.29, 0.717) is 19.8 Å². The number of rotatable bonds is 18. The number of ether oxygens (including phenoxy) is 6. The molecule has 1 aromatic heterocycles. The number of nitrogen functional groups attached to an aromatic ring is 2. The van der Waals surface area contributed by atoms with Crippen molar-refractivity contribution in [1.82, 2.24) is 15.0 Å². The Morgan fingerprint density at radius 3 is 1.34 bits per heavy atom. The van der Waals surface area contributed by atoms with Crippen LogP contribution < -0.4 is 16.4 Å². The molecule has 0 aliphatic heterocycles. The fraction of sp³-hybridized carbons (Fsp3) is 0.850. The van der Waals surface area contributed by atoms with E-state index in [1.54, 1.807) is 0 Å². The van der Waals surface area contributed by atoms with Gasteiger partial charge < -0.3 is 39.9 Å². The summed E-state index contributed by atoms with van der Waals surface area (Å²) in [6.45, 7) is 7.10. The summed E-state index contributed by atoms with van der Waals surface area (Å²) in [5.41, 5.74) is 11.7. The molecular formula is C20H40N6O6. The molecule has 0 fully saturated rings. The summed E-state index contributed by atoms with van der Waals surface area (Å²) in [6.07, 6.45) is 1.20. The lowest BCUT2D eigenvalue weighted by atomic mass is 10.3. The number of nitrogens with zero attached hydrogens (tertiary/aromatic N) is 4. The predicted octanol–water partition coefficient (Wildman–Crippen LogP) is 2.45. The Balaban J connectivity index is 3.71. The third kappa shape index (κ3) is 7.36. The minimum atomic E-state index is -1.90. The van der Waals surface area contributed by atoms with Gasteiger partial charge in [0.1, 0.15) is 0 Å². The number of hydrogen-bond donors (Lipinski definition) is 2. The lowest BCUT2D eigenvalue weighted by Gasteiger charge is -2.47. The first-order valence-corrected chi connectivity index (χ1v) is 11.0. The quantitative estimate of drug-likeness (QED) is 0.245. The summed E-state index contributed by atoms with van der Waals surface area (Å²) in [5, 5.41) is 0. The van der Waals surface area contributed by atoms with Crippen LogP contribution in [0.4, 0.5) is 17.8 Å². The largest absolute Gasteiger partial charge is 0.385 e. The van der Waals surface area contributed by atoms with Crippen LogP contribution in [0.15, 0.2) is 0 Å². The maximum atomic E-state index is 6.23. The number of hydrogen-bond acceptors (Lipinski definition) is 12. The minimum absolute atomic E-state index is 0.0648. The van der Waals surface area contributed by atoms with Crippen LogP contribution in [-0.4, -0.2) is 68.3 Å². The van der Waals surface area contributed by atoms with E-state index in [1.165, 1.54) is 26.2 Å². The summed E-state index contributed by atoms with van der Waals surface area (Å²) < 4.78 is 35.5. The molecule has 1 heterocycles.